The largest absolute Gasteiger partial charge is 0.374 e. The van der Waals surface area contributed by atoms with Crippen molar-refractivity contribution in [2.75, 3.05) is 50.8 Å². The summed E-state index contributed by atoms with van der Waals surface area (Å²) in [7, 11) is 0. The van der Waals surface area contributed by atoms with Crippen LogP contribution in [-0.2, 0) is 16.0 Å². The molecule has 0 bridgehead atoms. The molecule has 2 aliphatic rings. The predicted octanol–water partition coefficient (Wildman–Crippen LogP) is 1.91. The summed E-state index contributed by atoms with van der Waals surface area (Å²) < 4.78 is 5.82. The molecule has 0 spiro atoms. The van der Waals surface area contributed by atoms with Crippen molar-refractivity contribution in [2.45, 2.75) is 32.8 Å². The second kappa shape index (κ2) is 8.68. The van der Waals surface area contributed by atoms with E-state index in [4.69, 9.17) is 4.74 Å². The molecule has 25 heavy (non-hydrogen) atoms. The monoisotopic (exact) mass is 345 g/mol. The van der Waals surface area contributed by atoms with Crippen LogP contribution in [0.4, 0.5) is 5.69 Å². The van der Waals surface area contributed by atoms with Gasteiger partial charge in [-0.2, -0.15) is 0 Å². The van der Waals surface area contributed by atoms with E-state index in [-0.39, 0.29) is 12.0 Å². The summed E-state index contributed by atoms with van der Waals surface area (Å²) in [5, 5.41) is 3.07. The van der Waals surface area contributed by atoms with E-state index >= 15 is 0 Å². The summed E-state index contributed by atoms with van der Waals surface area (Å²) in [6.45, 7) is 10.2. The highest BCUT2D eigenvalue weighted by molar-refractivity contribution is 5.81. The molecule has 0 saturated carbocycles. The average Bonchev–Trinajstić information content (AvgIpc) is 2.60. The van der Waals surface area contributed by atoms with Crippen molar-refractivity contribution >= 4 is 11.6 Å². The third kappa shape index (κ3) is 5.19. The molecule has 138 valence electrons. The molecule has 2 aliphatic heterocycles. The first-order valence-corrected chi connectivity index (χ1v) is 9.55. The summed E-state index contributed by atoms with van der Waals surface area (Å²) in [4.78, 5) is 17.0. The van der Waals surface area contributed by atoms with Crippen molar-refractivity contribution in [2.24, 2.45) is 5.92 Å². The Morgan fingerprint density at radius 1 is 1.32 bits per heavy atom. The van der Waals surface area contributed by atoms with Crippen molar-refractivity contribution in [1.29, 1.82) is 0 Å². The smallest absolute Gasteiger partial charge is 0.239 e. The lowest BCUT2D eigenvalue weighted by molar-refractivity contribution is -0.121. The Balaban J connectivity index is 1.46. The minimum atomic E-state index is 0.0845. The molecule has 3 rings (SSSR count). The van der Waals surface area contributed by atoms with Crippen molar-refractivity contribution in [3.63, 3.8) is 0 Å². The first kappa shape index (κ1) is 18.2. The van der Waals surface area contributed by atoms with Crippen molar-refractivity contribution in [3.05, 3.63) is 29.8 Å². The quantitative estimate of drug-likeness (QED) is 0.855. The first-order valence-electron chi connectivity index (χ1n) is 9.55. The third-order valence-electron chi connectivity index (χ3n) is 4.91. The molecule has 1 aromatic rings. The highest BCUT2D eigenvalue weighted by Crippen LogP contribution is 2.26. The number of amides is 1. The zero-order valence-corrected chi connectivity index (χ0v) is 15.5. The second-order valence-corrected chi connectivity index (χ2v) is 7.60. The number of nitrogens with one attached hydrogen (secondary N) is 1. The molecule has 0 radical (unpaired) electrons. The molecule has 1 fully saturated rings. The number of para-hydroxylation sites is 1. The maximum absolute atomic E-state index is 12.4. The number of carbonyl (C=O) groups excluding carboxylic acids is 1. The van der Waals surface area contributed by atoms with E-state index in [1.807, 2.05) is 6.07 Å². The van der Waals surface area contributed by atoms with Gasteiger partial charge in [0.1, 0.15) is 0 Å². The highest BCUT2D eigenvalue weighted by atomic mass is 16.5. The number of carbonyl (C=O) groups is 1. The highest BCUT2D eigenvalue weighted by Gasteiger charge is 2.23. The Bertz CT molecular complexity index is 576. The van der Waals surface area contributed by atoms with Gasteiger partial charge in [-0.05, 0) is 30.4 Å². The number of hydrogen-bond donors (Lipinski definition) is 1. The Morgan fingerprint density at radius 3 is 3.00 bits per heavy atom. The van der Waals surface area contributed by atoms with Gasteiger partial charge in [0.2, 0.25) is 5.91 Å². The molecule has 0 aromatic heterocycles. The van der Waals surface area contributed by atoms with Crippen LogP contribution in [0, 0.1) is 5.92 Å². The van der Waals surface area contributed by atoms with Crippen LogP contribution >= 0.6 is 0 Å². The standard InChI is InChI=1S/C20H31N3O2/c1-16(2)13-22-10-11-25-18(14-22)12-21-20(24)15-23-9-5-7-17-6-3-4-8-19(17)23/h3-4,6,8,16,18H,5,7,9-15H2,1-2H3,(H,21,24). The lowest BCUT2D eigenvalue weighted by Crippen LogP contribution is -2.49. The van der Waals surface area contributed by atoms with E-state index in [9.17, 15) is 4.79 Å². The van der Waals surface area contributed by atoms with Gasteiger partial charge in [-0.25, -0.2) is 0 Å². The summed E-state index contributed by atoms with van der Waals surface area (Å²) in [6, 6.07) is 8.41. The molecular formula is C20H31N3O2. The zero-order valence-electron chi connectivity index (χ0n) is 15.5. The number of aryl methyl sites for hydroxylation is 1. The number of anilines is 1. The van der Waals surface area contributed by atoms with Crippen molar-refractivity contribution in [3.8, 4) is 0 Å². The molecule has 1 aromatic carbocycles. The molecule has 5 heteroatoms. The van der Waals surface area contributed by atoms with E-state index in [0.717, 1.165) is 45.6 Å². The van der Waals surface area contributed by atoms with E-state index in [1.165, 1.54) is 11.3 Å². The van der Waals surface area contributed by atoms with Gasteiger partial charge in [0.15, 0.2) is 0 Å². The van der Waals surface area contributed by atoms with Crippen molar-refractivity contribution < 1.29 is 9.53 Å². The Kier molecular flexibility index (Phi) is 6.32. The van der Waals surface area contributed by atoms with Crippen LogP contribution in [0.1, 0.15) is 25.8 Å². The van der Waals surface area contributed by atoms with Gasteiger partial charge in [0.25, 0.3) is 0 Å². The van der Waals surface area contributed by atoms with Gasteiger partial charge in [-0.3, -0.25) is 9.69 Å². The molecular weight excluding hydrogens is 314 g/mol. The van der Waals surface area contributed by atoms with Crippen LogP contribution in [-0.4, -0.2) is 62.8 Å². The number of rotatable bonds is 6. The summed E-state index contributed by atoms with van der Waals surface area (Å²) in [6.07, 6.45) is 2.32. The summed E-state index contributed by atoms with van der Waals surface area (Å²) in [5.41, 5.74) is 2.56. The fourth-order valence-electron chi connectivity index (χ4n) is 3.82. The van der Waals surface area contributed by atoms with Crippen LogP contribution in [0.2, 0.25) is 0 Å². The lowest BCUT2D eigenvalue weighted by Gasteiger charge is -2.34. The Labute approximate surface area is 151 Å². The molecule has 2 heterocycles. The molecule has 1 amide bonds. The topological polar surface area (TPSA) is 44.8 Å². The molecule has 1 N–H and O–H groups in total. The molecule has 1 saturated heterocycles. The number of ether oxygens (including phenoxy) is 1. The number of morpholine rings is 1. The Hall–Kier alpha value is -1.59. The molecule has 1 unspecified atom stereocenters. The van der Waals surface area contributed by atoms with E-state index < -0.39 is 0 Å². The first-order chi connectivity index (χ1) is 12.1. The fourth-order valence-corrected chi connectivity index (χ4v) is 3.82. The second-order valence-electron chi connectivity index (χ2n) is 7.60. The van der Waals surface area contributed by atoms with Gasteiger partial charge in [-0.1, -0.05) is 32.0 Å². The van der Waals surface area contributed by atoms with Gasteiger partial charge < -0.3 is 15.0 Å². The maximum atomic E-state index is 12.4. The predicted molar refractivity (Wildman–Crippen MR) is 101 cm³/mol. The lowest BCUT2D eigenvalue weighted by atomic mass is 10.0. The zero-order chi connectivity index (χ0) is 17.6. The van der Waals surface area contributed by atoms with Crippen LogP contribution in [0.15, 0.2) is 24.3 Å². The van der Waals surface area contributed by atoms with Gasteiger partial charge in [-0.15, -0.1) is 0 Å². The normalized spacial score (nSPS) is 21.2. The van der Waals surface area contributed by atoms with Crippen LogP contribution in [0.5, 0.6) is 0 Å². The fraction of sp³-hybridized carbons (Fsp3) is 0.650. The molecule has 0 aliphatic carbocycles. The Morgan fingerprint density at radius 2 is 2.16 bits per heavy atom. The minimum Gasteiger partial charge on any atom is -0.374 e. The SMILES string of the molecule is CC(C)CN1CCOC(CNC(=O)CN2CCCc3ccccc32)C1. The maximum Gasteiger partial charge on any atom is 0.239 e. The van der Waals surface area contributed by atoms with Gasteiger partial charge in [0.05, 0.1) is 19.3 Å². The minimum absolute atomic E-state index is 0.0845. The number of benzene rings is 1. The third-order valence-corrected chi connectivity index (χ3v) is 4.91. The van der Waals surface area contributed by atoms with Crippen LogP contribution in [0.3, 0.4) is 0 Å². The van der Waals surface area contributed by atoms with Crippen molar-refractivity contribution in [1.82, 2.24) is 10.2 Å². The summed E-state index contributed by atoms with van der Waals surface area (Å²) >= 11 is 0. The van der Waals surface area contributed by atoms with E-state index in [0.29, 0.717) is 19.0 Å². The van der Waals surface area contributed by atoms with E-state index in [2.05, 4.69) is 47.2 Å². The molecule has 1 atom stereocenters. The van der Waals surface area contributed by atoms with Gasteiger partial charge >= 0.3 is 0 Å². The number of nitrogens with zero attached hydrogens (tertiary/aromatic N) is 2. The molecule has 5 nitrogen and oxygen atoms in total. The van der Waals surface area contributed by atoms with Crippen LogP contribution < -0.4 is 10.2 Å². The number of fused-ring (bicyclic) bond motifs is 1. The summed E-state index contributed by atoms with van der Waals surface area (Å²) in [5.74, 6) is 0.744. The van der Waals surface area contributed by atoms with Crippen LogP contribution in [0.25, 0.3) is 0 Å². The van der Waals surface area contributed by atoms with E-state index in [1.54, 1.807) is 0 Å². The van der Waals surface area contributed by atoms with Gasteiger partial charge in [0, 0.05) is 38.4 Å². The number of hydrogen-bond acceptors (Lipinski definition) is 4. The average molecular weight is 345 g/mol.